The minimum Gasteiger partial charge on any atom is -0.465 e. The van der Waals surface area contributed by atoms with E-state index < -0.39 is 0 Å². The molecular weight excluding hydrogens is 214 g/mol. The average molecular weight is 236 g/mol. The minimum atomic E-state index is -0.0333. The third kappa shape index (κ3) is 5.38. The lowest BCUT2D eigenvalue weighted by Gasteiger charge is -2.09. The molecule has 2 atom stereocenters. The zero-order valence-electron chi connectivity index (χ0n) is 9.41. The fourth-order valence-corrected chi connectivity index (χ4v) is 1.87. The van der Waals surface area contributed by atoms with Gasteiger partial charge in [0.1, 0.15) is 0 Å². The van der Waals surface area contributed by atoms with Crippen molar-refractivity contribution in [2.45, 2.75) is 51.5 Å². The molecule has 0 amide bonds. The van der Waals surface area contributed by atoms with E-state index in [2.05, 4.69) is 6.92 Å². The molecule has 0 aromatic heterocycles. The zero-order valence-corrected chi connectivity index (χ0v) is 10.2. The normalized spacial score (nSPS) is 24.7. The number of unbranched alkanes of at least 4 members (excludes halogenated alkanes) is 2. The Hall–Kier alpha value is -0.280. The van der Waals surface area contributed by atoms with Crippen molar-refractivity contribution in [3.8, 4) is 0 Å². The average Bonchev–Trinajstić information content (AvgIpc) is 2.59. The van der Waals surface area contributed by atoms with Crippen molar-refractivity contribution in [1.29, 1.82) is 0 Å². The van der Waals surface area contributed by atoms with E-state index in [0.29, 0.717) is 6.61 Å². The van der Waals surface area contributed by atoms with Crippen LogP contribution >= 0.6 is 12.4 Å². The highest BCUT2D eigenvalue weighted by Gasteiger charge is 2.28. The molecule has 0 aromatic rings. The van der Waals surface area contributed by atoms with E-state index in [0.717, 1.165) is 38.5 Å². The maximum Gasteiger partial charge on any atom is 0.308 e. The molecule has 3 nitrogen and oxygen atoms in total. The van der Waals surface area contributed by atoms with Crippen molar-refractivity contribution in [1.82, 2.24) is 0 Å². The van der Waals surface area contributed by atoms with Gasteiger partial charge in [0.25, 0.3) is 0 Å². The van der Waals surface area contributed by atoms with Crippen molar-refractivity contribution in [2.24, 2.45) is 11.7 Å². The molecule has 1 saturated carbocycles. The van der Waals surface area contributed by atoms with E-state index in [1.54, 1.807) is 0 Å². The van der Waals surface area contributed by atoms with Gasteiger partial charge in [-0.25, -0.2) is 0 Å². The Morgan fingerprint density at radius 1 is 1.40 bits per heavy atom. The van der Waals surface area contributed by atoms with Crippen molar-refractivity contribution in [3.63, 3.8) is 0 Å². The molecule has 0 bridgehead atoms. The van der Waals surface area contributed by atoms with Crippen LogP contribution in [-0.4, -0.2) is 18.6 Å². The fraction of sp³-hybridized carbons (Fsp3) is 0.909. The number of nitrogens with two attached hydrogens (primary N) is 1. The van der Waals surface area contributed by atoms with Crippen molar-refractivity contribution < 1.29 is 9.53 Å². The van der Waals surface area contributed by atoms with E-state index in [1.165, 1.54) is 0 Å². The standard InChI is InChI=1S/C11H21NO2.ClH/c1-2-3-4-7-14-11(13)9-5-6-10(12)8-9;/h9-10H,2-8,12H2,1H3;1H. The lowest BCUT2D eigenvalue weighted by Crippen LogP contribution is -2.19. The van der Waals surface area contributed by atoms with Crippen molar-refractivity contribution >= 4 is 18.4 Å². The zero-order chi connectivity index (χ0) is 10.4. The quantitative estimate of drug-likeness (QED) is 0.588. The maximum atomic E-state index is 11.5. The molecule has 2 unspecified atom stereocenters. The van der Waals surface area contributed by atoms with E-state index in [9.17, 15) is 4.79 Å². The molecule has 2 N–H and O–H groups in total. The summed E-state index contributed by atoms with van der Waals surface area (Å²) in [4.78, 5) is 11.5. The number of ether oxygens (including phenoxy) is 1. The molecule has 1 fully saturated rings. The van der Waals surface area contributed by atoms with Crippen molar-refractivity contribution in [2.75, 3.05) is 6.61 Å². The van der Waals surface area contributed by atoms with Gasteiger partial charge in [-0.3, -0.25) is 4.79 Å². The van der Waals surface area contributed by atoms with Gasteiger partial charge in [0.15, 0.2) is 0 Å². The van der Waals surface area contributed by atoms with Gasteiger partial charge in [-0.2, -0.15) is 0 Å². The van der Waals surface area contributed by atoms with Gasteiger partial charge in [0.05, 0.1) is 12.5 Å². The van der Waals surface area contributed by atoms with E-state index in [-0.39, 0.29) is 30.3 Å². The monoisotopic (exact) mass is 235 g/mol. The molecule has 0 saturated heterocycles. The number of hydrogen-bond acceptors (Lipinski definition) is 3. The molecule has 0 aliphatic heterocycles. The summed E-state index contributed by atoms with van der Waals surface area (Å²) in [6.45, 7) is 2.72. The molecule has 1 rings (SSSR count). The minimum absolute atomic E-state index is 0. The van der Waals surface area contributed by atoms with Crippen LogP contribution in [0.3, 0.4) is 0 Å². The number of carbonyl (C=O) groups is 1. The first-order valence-electron chi connectivity index (χ1n) is 5.66. The van der Waals surface area contributed by atoms with Crippen LogP contribution in [0.5, 0.6) is 0 Å². The molecule has 1 aliphatic rings. The molecule has 0 spiro atoms. The lowest BCUT2D eigenvalue weighted by atomic mass is 10.1. The molecule has 90 valence electrons. The largest absolute Gasteiger partial charge is 0.465 e. The number of esters is 1. The van der Waals surface area contributed by atoms with Crippen molar-refractivity contribution in [3.05, 3.63) is 0 Å². The van der Waals surface area contributed by atoms with Crippen LogP contribution in [0.2, 0.25) is 0 Å². The first kappa shape index (κ1) is 14.7. The van der Waals surface area contributed by atoms with E-state index in [4.69, 9.17) is 10.5 Å². The predicted molar refractivity (Wildman–Crippen MR) is 63.0 cm³/mol. The first-order chi connectivity index (χ1) is 6.74. The Morgan fingerprint density at radius 3 is 2.67 bits per heavy atom. The van der Waals surface area contributed by atoms with Gasteiger partial charge in [0, 0.05) is 6.04 Å². The highest BCUT2D eigenvalue weighted by molar-refractivity contribution is 5.85. The predicted octanol–water partition coefficient (Wildman–Crippen LogP) is 2.27. The third-order valence-electron chi connectivity index (χ3n) is 2.80. The summed E-state index contributed by atoms with van der Waals surface area (Å²) in [6, 6.07) is 0.211. The van der Waals surface area contributed by atoms with Crippen LogP contribution in [0.1, 0.15) is 45.4 Å². The first-order valence-corrected chi connectivity index (χ1v) is 5.66. The van der Waals surface area contributed by atoms with Gasteiger partial charge >= 0.3 is 5.97 Å². The van der Waals surface area contributed by atoms with Gasteiger partial charge in [-0.05, 0) is 25.7 Å². The summed E-state index contributed by atoms with van der Waals surface area (Å²) in [5.41, 5.74) is 5.73. The summed E-state index contributed by atoms with van der Waals surface area (Å²) in [7, 11) is 0. The number of hydrogen-bond donors (Lipinski definition) is 1. The molecule has 0 heterocycles. The Bertz CT molecular complexity index is 187. The second-order valence-electron chi connectivity index (χ2n) is 4.14. The van der Waals surface area contributed by atoms with Gasteiger partial charge in [0.2, 0.25) is 0 Å². The van der Waals surface area contributed by atoms with Crippen LogP contribution in [0.15, 0.2) is 0 Å². The maximum absolute atomic E-state index is 11.5. The lowest BCUT2D eigenvalue weighted by molar-refractivity contribution is -0.148. The molecule has 15 heavy (non-hydrogen) atoms. The van der Waals surface area contributed by atoms with Gasteiger partial charge in [-0.15, -0.1) is 12.4 Å². The summed E-state index contributed by atoms with van der Waals surface area (Å²) in [5, 5.41) is 0. The number of carbonyl (C=O) groups excluding carboxylic acids is 1. The van der Waals surface area contributed by atoms with Crippen LogP contribution in [-0.2, 0) is 9.53 Å². The number of rotatable bonds is 5. The summed E-state index contributed by atoms with van der Waals surface area (Å²) in [5.74, 6) is 0.0423. The van der Waals surface area contributed by atoms with Crippen LogP contribution < -0.4 is 5.73 Å². The highest BCUT2D eigenvalue weighted by Crippen LogP contribution is 2.25. The highest BCUT2D eigenvalue weighted by atomic mass is 35.5. The Morgan fingerprint density at radius 2 is 2.13 bits per heavy atom. The third-order valence-corrected chi connectivity index (χ3v) is 2.80. The Balaban J connectivity index is 0.00000196. The molecule has 0 radical (unpaired) electrons. The molecule has 0 aromatic carbocycles. The van der Waals surface area contributed by atoms with Crippen LogP contribution in [0.4, 0.5) is 0 Å². The summed E-state index contributed by atoms with van der Waals surface area (Å²) < 4.78 is 5.18. The number of halogens is 1. The topological polar surface area (TPSA) is 52.3 Å². The summed E-state index contributed by atoms with van der Waals surface area (Å²) in [6.07, 6.45) is 5.97. The second-order valence-corrected chi connectivity index (χ2v) is 4.14. The molecule has 4 heteroatoms. The van der Waals surface area contributed by atoms with Crippen LogP contribution in [0.25, 0.3) is 0 Å². The smallest absolute Gasteiger partial charge is 0.308 e. The van der Waals surface area contributed by atoms with Crippen LogP contribution in [0, 0.1) is 5.92 Å². The Kier molecular flexibility index (Phi) is 7.79. The molecule has 1 aliphatic carbocycles. The summed E-state index contributed by atoms with van der Waals surface area (Å²) >= 11 is 0. The van der Waals surface area contributed by atoms with E-state index >= 15 is 0 Å². The van der Waals surface area contributed by atoms with Gasteiger partial charge in [-0.1, -0.05) is 19.8 Å². The Labute approximate surface area is 98.2 Å². The second kappa shape index (κ2) is 7.94. The molecular formula is C11H22ClNO2. The fourth-order valence-electron chi connectivity index (χ4n) is 1.87. The van der Waals surface area contributed by atoms with Gasteiger partial charge < -0.3 is 10.5 Å². The SMILES string of the molecule is CCCCCOC(=O)C1CCC(N)C1.Cl. The van der Waals surface area contributed by atoms with E-state index in [1.807, 2.05) is 0 Å².